The quantitative estimate of drug-likeness (QED) is 0.823. The maximum absolute atomic E-state index is 11.7. The van der Waals surface area contributed by atoms with Gasteiger partial charge in [-0.2, -0.15) is 0 Å². The molecule has 0 fully saturated rings. The molecule has 3 N–H and O–H groups in total. The lowest BCUT2D eigenvalue weighted by Crippen LogP contribution is -2.17. The summed E-state index contributed by atoms with van der Waals surface area (Å²) in [5, 5.41) is 2.79. The number of hydrogen-bond donors (Lipinski definition) is 2. The van der Waals surface area contributed by atoms with Gasteiger partial charge in [-0.05, 0) is 56.6 Å². The second-order valence-electron chi connectivity index (χ2n) is 5.43. The zero-order valence-electron chi connectivity index (χ0n) is 13.7. The van der Waals surface area contributed by atoms with Crippen LogP contribution < -0.4 is 16.0 Å². The second kappa shape index (κ2) is 8.29. The van der Waals surface area contributed by atoms with Gasteiger partial charge in [-0.1, -0.05) is 12.1 Å². The van der Waals surface area contributed by atoms with Gasteiger partial charge < -0.3 is 16.0 Å². The van der Waals surface area contributed by atoms with E-state index in [1.54, 1.807) is 6.20 Å². The molecular formula is C18H24N4O. The van der Waals surface area contributed by atoms with Crippen LogP contribution in [-0.4, -0.2) is 24.0 Å². The highest BCUT2D eigenvalue weighted by atomic mass is 16.1. The topological polar surface area (TPSA) is 71.2 Å². The molecule has 0 aliphatic carbocycles. The average Bonchev–Trinajstić information content (AvgIpc) is 2.55. The van der Waals surface area contributed by atoms with Crippen LogP contribution in [0.3, 0.4) is 0 Å². The standard InChI is InChI=1S/C18H24N4O/c1-3-22(15-7-4-6-14(2)12-15)16-9-10-17(20-13-16)21-18(23)8-5-11-19/h4,6-7,9-10,12-13H,3,5,8,11,19H2,1-2H3,(H,20,21,23). The molecule has 0 aliphatic rings. The fraction of sp³-hybridized carbons (Fsp3) is 0.333. The molecule has 5 nitrogen and oxygen atoms in total. The highest BCUT2D eigenvalue weighted by Gasteiger charge is 2.09. The fourth-order valence-electron chi connectivity index (χ4n) is 2.40. The molecule has 1 amide bonds. The molecule has 23 heavy (non-hydrogen) atoms. The lowest BCUT2D eigenvalue weighted by Gasteiger charge is -2.23. The number of aryl methyl sites for hydroxylation is 1. The Hall–Kier alpha value is -2.40. The number of hydrogen-bond acceptors (Lipinski definition) is 4. The summed E-state index contributed by atoms with van der Waals surface area (Å²) >= 11 is 0. The Bertz CT molecular complexity index is 640. The Labute approximate surface area is 137 Å². The third-order valence-corrected chi connectivity index (χ3v) is 3.56. The van der Waals surface area contributed by atoms with Crippen molar-refractivity contribution in [3.63, 3.8) is 0 Å². The van der Waals surface area contributed by atoms with Gasteiger partial charge in [0.05, 0.1) is 11.9 Å². The minimum absolute atomic E-state index is 0.0540. The molecule has 0 atom stereocenters. The van der Waals surface area contributed by atoms with Crippen molar-refractivity contribution in [3.05, 3.63) is 48.2 Å². The van der Waals surface area contributed by atoms with Crippen LogP contribution in [0.1, 0.15) is 25.3 Å². The Morgan fingerprint density at radius 3 is 2.70 bits per heavy atom. The van der Waals surface area contributed by atoms with Crippen molar-refractivity contribution in [2.24, 2.45) is 5.73 Å². The number of nitrogens with two attached hydrogens (primary N) is 1. The number of carbonyl (C=O) groups is 1. The number of benzene rings is 1. The van der Waals surface area contributed by atoms with Gasteiger partial charge >= 0.3 is 0 Å². The minimum Gasteiger partial charge on any atom is -0.341 e. The second-order valence-corrected chi connectivity index (χ2v) is 5.43. The van der Waals surface area contributed by atoms with Crippen LogP contribution in [0, 0.1) is 6.92 Å². The van der Waals surface area contributed by atoms with Crippen molar-refractivity contribution in [1.29, 1.82) is 0 Å². The molecule has 0 radical (unpaired) electrons. The van der Waals surface area contributed by atoms with E-state index >= 15 is 0 Å². The van der Waals surface area contributed by atoms with E-state index in [1.807, 2.05) is 18.2 Å². The molecule has 0 aliphatic heterocycles. The maximum atomic E-state index is 11.7. The smallest absolute Gasteiger partial charge is 0.225 e. The summed E-state index contributed by atoms with van der Waals surface area (Å²) in [6, 6.07) is 12.2. The zero-order chi connectivity index (χ0) is 16.7. The monoisotopic (exact) mass is 312 g/mol. The minimum atomic E-state index is -0.0540. The van der Waals surface area contributed by atoms with Gasteiger partial charge in [-0.3, -0.25) is 4.79 Å². The summed E-state index contributed by atoms with van der Waals surface area (Å²) in [4.78, 5) is 18.2. The first-order chi connectivity index (χ1) is 11.1. The normalized spacial score (nSPS) is 10.4. The molecule has 1 aromatic carbocycles. The number of pyridine rings is 1. The van der Waals surface area contributed by atoms with E-state index in [0.717, 1.165) is 17.9 Å². The third kappa shape index (κ3) is 4.79. The van der Waals surface area contributed by atoms with Gasteiger partial charge in [0.25, 0.3) is 0 Å². The van der Waals surface area contributed by atoms with Gasteiger partial charge in [0, 0.05) is 18.7 Å². The Morgan fingerprint density at radius 1 is 1.26 bits per heavy atom. The van der Waals surface area contributed by atoms with E-state index in [2.05, 4.69) is 47.2 Å². The van der Waals surface area contributed by atoms with E-state index in [0.29, 0.717) is 25.2 Å². The maximum Gasteiger partial charge on any atom is 0.225 e. The van der Waals surface area contributed by atoms with Crippen LogP contribution in [-0.2, 0) is 4.79 Å². The van der Waals surface area contributed by atoms with Crippen molar-refractivity contribution in [2.75, 3.05) is 23.3 Å². The molecule has 0 spiro atoms. The average molecular weight is 312 g/mol. The molecule has 0 unspecified atom stereocenters. The molecule has 2 aromatic rings. The molecule has 1 aromatic heterocycles. The number of carbonyl (C=O) groups excluding carboxylic acids is 1. The summed E-state index contributed by atoms with van der Waals surface area (Å²) in [5.74, 6) is 0.512. The largest absolute Gasteiger partial charge is 0.341 e. The zero-order valence-corrected chi connectivity index (χ0v) is 13.7. The Balaban J connectivity index is 2.09. The van der Waals surface area contributed by atoms with Crippen molar-refractivity contribution >= 4 is 23.1 Å². The molecule has 5 heteroatoms. The van der Waals surface area contributed by atoms with Crippen LogP contribution in [0.5, 0.6) is 0 Å². The van der Waals surface area contributed by atoms with Gasteiger partial charge in [-0.15, -0.1) is 0 Å². The third-order valence-electron chi connectivity index (χ3n) is 3.56. The van der Waals surface area contributed by atoms with E-state index in [1.165, 1.54) is 5.56 Å². The van der Waals surface area contributed by atoms with E-state index < -0.39 is 0 Å². The lowest BCUT2D eigenvalue weighted by atomic mass is 10.2. The van der Waals surface area contributed by atoms with Crippen LogP contribution in [0.2, 0.25) is 0 Å². The number of nitrogens with zero attached hydrogens (tertiary/aromatic N) is 2. The number of rotatable bonds is 7. The SMILES string of the molecule is CCN(c1ccc(NC(=O)CCCN)nc1)c1cccc(C)c1. The molecule has 0 saturated heterocycles. The first-order valence-electron chi connectivity index (χ1n) is 7.94. The summed E-state index contributed by atoms with van der Waals surface area (Å²) in [5.41, 5.74) is 8.76. The van der Waals surface area contributed by atoms with Crippen LogP contribution >= 0.6 is 0 Å². The Morgan fingerprint density at radius 2 is 2.09 bits per heavy atom. The predicted molar refractivity (Wildman–Crippen MR) is 95.0 cm³/mol. The van der Waals surface area contributed by atoms with E-state index in [9.17, 15) is 4.79 Å². The summed E-state index contributed by atoms with van der Waals surface area (Å²) in [6.45, 7) is 5.54. The van der Waals surface area contributed by atoms with Gasteiger partial charge in [0.2, 0.25) is 5.91 Å². The van der Waals surface area contributed by atoms with E-state index in [4.69, 9.17) is 5.73 Å². The van der Waals surface area contributed by atoms with E-state index in [-0.39, 0.29) is 5.91 Å². The Kier molecular flexibility index (Phi) is 6.11. The predicted octanol–water partition coefficient (Wildman–Crippen LogP) is 3.23. The summed E-state index contributed by atoms with van der Waals surface area (Å²) in [6.07, 6.45) is 2.88. The molecule has 1 heterocycles. The highest BCUT2D eigenvalue weighted by Crippen LogP contribution is 2.25. The van der Waals surface area contributed by atoms with Crippen LogP contribution in [0.15, 0.2) is 42.6 Å². The summed E-state index contributed by atoms with van der Waals surface area (Å²) in [7, 11) is 0. The number of amides is 1. The number of anilines is 3. The van der Waals surface area contributed by atoms with Crippen LogP contribution in [0.4, 0.5) is 17.2 Å². The lowest BCUT2D eigenvalue weighted by molar-refractivity contribution is -0.116. The first-order valence-corrected chi connectivity index (χ1v) is 7.94. The van der Waals surface area contributed by atoms with Crippen molar-refractivity contribution in [3.8, 4) is 0 Å². The first kappa shape index (κ1) is 17.0. The van der Waals surface area contributed by atoms with Crippen molar-refractivity contribution in [2.45, 2.75) is 26.7 Å². The van der Waals surface area contributed by atoms with Gasteiger partial charge in [-0.25, -0.2) is 4.98 Å². The van der Waals surface area contributed by atoms with Crippen molar-refractivity contribution < 1.29 is 4.79 Å². The summed E-state index contributed by atoms with van der Waals surface area (Å²) < 4.78 is 0. The molecule has 0 saturated carbocycles. The molecule has 0 bridgehead atoms. The number of nitrogens with one attached hydrogen (secondary N) is 1. The molecule has 2 rings (SSSR count). The molecular weight excluding hydrogens is 288 g/mol. The number of aromatic nitrogens is 1. The highest BCUT2D eigenvalue weighted by molar-refractivity contribution is 5.89. The van der Waals surface area contributed by atoms with Gasteiger partial charge in [0.1, 0.15) is 5.82 Å². The molecule has 122 valence electrons. The van der Waals surface area contributed by atoms with Crippen molar-refractivity contribution in [1.82, 2.24) is 4.98 Å². The van der Waals surface area contributed by atoms with Crippen LogP contribution in [0.25, 0.3) is 0 Å². The van der Waals surface area contributed by atoms with Gasteiger partial charge in [0.15, 0.2) is 0 Å². The fourth-order valence-corrected chi connectivity index (χ4v) is 2.40.